The molecule has 0 saturated carbocycles. The third-order valence-corrected chi connectivity index (χ3v) is 5.91. The maximum Gasteiger partial charge on any atom is 0.192 e. The summed E-state index contributed by atoms with van der Waals surface area (Å²) in [6, 6.07) is 15.7. The van der Waals surface area contributed by atoms with Gasteiger partial charge in [0.1, 0.15) is 11.6 Å². The van der Waals surface area contributed by atoms with Gasteiger partial charge in [0.2, 0.25) is 0 Å². The molecule has 4 aromatic rings. The van der Waals surface area contributed by atoms with Crippen molar-refractivity contribution in [3.05, 3.63) is 87.3 Å². The van der Waals surface area contributed by atoms with Gasteiger partial charge in [0.15, 0.2) is 16.9 Å². The minimum absolute atomic E-state index is 0.0241. The number of H-pyrrole nitrogens is 1. The zero-order chi connectivity index (χ0) is 23.9. The van der Waals surface area contributed by atoms with E-state index in [9.17, 15) is 9.18 Å². The number of aromatic amines is 1. The van der Waals surface area contributed by atoms with E-state index in [4.69, 9.17) is 9.47 Å². The number of ether oxygens (including phenoxy) is 2. The van der Waals surface area contributed by atoms with Gasteiger partial charge in [0.05, 0.1) is 12.8 Å². The topological polar surface area (TPSA) is 51.3 Å². The molecule has 0 atom stereocenters. The second-order valence-electron chi connectivity index (χ2n) is 9.31. The van der Waals surface area contributed by atoms with Gasteiger partial charge >= 0.3 is 0 Å². The summed E-state index contributed by atoms with van der Waals surface area (Å²) in [5, 5.41) is 0.644. The number of hydrogen-bond donors (Lipinski definition) is 1. The summed E-state index contributed by atoms with van der Waals surface area (Å²) >= 11 is 0. The fourth-order valence-electron chi connectivity index (χ4n) is 4.02. The Balaban J connectivity index is 2.01. The Hall–Kier alpha value is -3.60. The lowest BCUT2D eigenvalue weighted by molar-refractivity contribution is 0.375. The van der Waals surface area contributed by atoms with Crippen LogP contribution < -0.4 is 14.9 Å². The predicted octanol–water partition coefficient (Wildman–Crippen LogP) is 7.05. The molecular weight excluding hydrogens is 417 g/mol. The fourth-order valence-corrected chi connectivity index (χ4v) is 4.02. The maximum absolute atomic E-state index is 13.8. The molecule has 1 aromatic heterocycles. The molecule has 33 heavy (non-hydrogen) atoms. The number of benzene rings is 3. The van der Waals surface area contributed by atoms with E-state index in [1.807, 2.05) is 44.2 Å². The average molecular weight is 446 g/mol. The first-order valence-corrected chi connectivity index (χ1v) is 10.9. The van der Waals surface area contributed by atoms with Gasteiger partial charge in [0, 0.05) is 28.1 Å². The van der Waals surface area contributed by atoms with Gasteiger partial charge in [0.25, 0.3) is 0 Å². The van der Waals surface area contributed by atoms with Crippen LogP contribution in [0.2, 0.25) is 0 Å². The number of halogens is 1. The van der Waals surface area contributed by atoms with Gasteiger partial charge in [-0.1, -0.05) is 39.0 Å². The first-order chi connectivity index (χ1) is 15.6. The van der Waals surface area contributed by atoms with Crippen LogP contribution in [0, 0.1) is 19.7 Å². The number of fused-ring (bicyclic) bond motifs is 1. The summed E-state index contributed by atoms with van der Waals surface area (Å²) in [6.45, 7) is 10.2. The lowest BCUT2D eigenvalue weighted by Crippen LogP contribution is -2.13. The highest BCUT2D eigenvalue weighted by Crippen LogP contribution is 2.42. The lowest BCUT2D eigenvalue weighted by Gasteiger charge is -2.24. The standard InChI is InChI=1S/C28H28FNO3/c1-16-13-18(28(3,4)5)14-24(33-22-12-11-19(29)15-23(22)32-6)25(16)26-17(2)27(31)20-9-7-8-10-21(20)30-26/h7-15H,1-6H3,(H,30,31). The number of aromatic nitrogens is 1. The summed E-state index contributed by atoms with van der Waals surface area (Å²) in [6.07, 6.45) is 0. The van der Waals surface area contributed by atoms with Crippen molar-refractivity contribution in [3.8, 4) is 28.5 Å². The monoisotopic (exact) mass is 445 g/mol. The van der Waals surface area contributed by atoms with Crippen LogP contribution in [0.25, 0.3) is 22.2 Å². The number of rotatable bonds is 4. The molecule has 0 fully saturated rings. The van der Waals surface area contributed by atoms with E-state index in [0.717, 1.165) is 22.2 Å². The number of pyridine rings is 1. The van der Waals surface area contributed by atoms with Crippen molar-refractivity contribution in [3.63, 3.8) is 0 Å². The summed E-state index contributed by atoms with van der Waals surface area (Å²) in [4.78, 5) is 16.6. The summed E-state index contributed by atoms with van der Waals surface area (Å²) in [5.74, 6) is 0.850. The van der Waals surface area contributed by atoms with Gasteiger partial charge in [-0.25, -0.2) is 4.39 Å². The van der Waals surface area contributed by atoms with Crippen molar-refractivity contribution >= 4 is 10.9 Å². The Morgan fingerprint density at radius 3 is 2.33 bits per heavy atom. The zero-order valence-electron chi connectivity index (χ0n) is 19.8. The average Bonchev–Trinajstić information content (AvgIpc) is 2.77. The third-order valence-electron chi connectivity index (χ3n) is 5.91. The molecule has 1 heterocycles. The van der Waals surface area contributed by atoms with Crippen molar-refractivity contribution in [1.29, 1.82) is 0 Å². The molecule has 3 aromatic carbocycles. The van der Waals surface area contributed by atoms with Gasteiger partial charge in [-0.3, -0.25) is 4.79 Å². The molecule has 0 amide bonds. The molecule has 4 rings (SSSR count). The molecule has 0 unspecified atom stereocenters. The molecule has 0 aliphatic rings. The minimum atomic E-state index is -0.409. The smallest absolute Gasteiger partial charge is 0.192 e. The predicted molar refractivity (Wildman–Crippen MR) is 131 cm³/mol. The lowest BCUT2D eigenvalue weighted by atomic mass is 9.84. The van der Waals surface area contributed by atoms with Gasteiger partial charge in [-0.2, -0.15) is 0 Å². The maximum atomic E-state index is 13.8. The number of hydrogen-bond acceptors (Lipinski definition) is 3. The first kappa shape index (κ1) is 22.6. The van der Waals surface area contributed by atoms with Crippen molar-refractivity contribution in [2.24, 2.45) is 0 Å². The van der Waals surface area contributed by atoms with E-state index in [1.165, 1.54) is 19.2 Å². The van der Waals surface area contributed by atoms with Crippen LogP contribution in [0.1, 0.15) is 37.5 Å². The van der Waals surface area contributed by atoms with Crippen molar-refractivity contribution in [2.75, 3.05) is 7.11 Å². The molecule has 0 aliphatic heterocycles. The van der Waals surface area contributed by atoms with E-state index in [-0.39, 0.29) is 10.8 Å². The molecule has 4 nitrogen and oxygen atoms in total. The van der Waals surface area contributed by atoms with Crippen LogP contribution in [0.15, 0.2) is 59.4 Å². The quantitative estimate of drug-likeness (QED) is 0.366. The fraction of sp³-hybridized carbons (Fsp3) is 0.250. The number of nitrogens with one attached hydrogen (secondary N) is 1. The van der Waals surface area contributed by atoms with Crippen LogP contribution in [-0.2, 0) is 5.41 Å². The van der Waals surface area contributed by atoms with Crippen LogP contribution in [0.3, 0.4) is 0 Å². The number of para-hydroxylation sites is 1. The molecule has 0 spiro atoms. The highest BCUT2D eigenvalue weighted by Gasteiger charge is 2.23. The molecule has 0 radical (unpaired) electrons. The molecule has 0 saturated heterocycles. The Bertz CT molecular complexity index is 1410. The SMILES string of the molecule is COc1cc(F)ccc1Oc1cc(C(C)(C)C)cc(C)c1-c1[nH]c2ccccc2c(=O)c1C. The van der Waals surface area contributed by atoms with E-state index in [2.05, 4.69) is 31.8 Å². The van der Waals surface area contributed by atoms with E-state index < -0.39 is 5.82 Å². The van der Waals surface area contributed by atoms with Crippen LogP contribution >= 0.6 is 0 Å². The molecule has 0 bridgehead atoms. The van der Waals surface area contributed by atoms with Crippen LogP contribution in [-0.4, -0.2) is 12.1 Å². The summed E-state index contributed by atoms with van der Waals surface area (Å²) < 4.78 is 25.5. The highest BCUT2D eigenvalue weighted by atomic mass is 19.1. The number of aryl methyl sites for hydroxylation is 1. The van der Waals surface area contributed by atoms with Gasteiger partial charge < -0.3 is 14.5 Å². The Morgan fingerprint density at radius 1 is 0.909 bits per heavy atom. The summed E-state index contributed by atoms with van der Waals surface area (Å²) in [5.41, 5.74) is 4.75. The number of methoxy groups -OCH3 is 1. The van der Waals surface area contributed by atoms with E-state index >= 15 is 0 Å². The minimum Gasteiger partial charge on any atom is -0.493 e. The third kappa shape index (κ3) is 4.23. The Labute approximate surface area is 193 Å². The first-order valence-electron chi connectivity index (χ1n) is 10.9. The zero-order valence-corrected chi connectivity index (χ0v) is 19.8. The van der Waals surface area contributed by atoms with Crippen molar-refractivity contribution < 1.29 is 13.9 Å². The van der Waals surface area contributed by atoms with Gasteiger partial charge in [-0.05, 0) is 60.7 Å². The van der Waals surface area contributed by atoms with Crippen LogP contribution in [0.5, 0.6) is 17.2 Å². The normalized spacial score (nSPS) is 11.6. The van der Waals surface area contributed by atoms with Crippen LogP contribution in [0.4, 0.5) is 4.39 Å². The van der Waals surface area contributed by atoms with Crippen molar-refractivity contribution in [1.82, 2.24) is 4.98 Å². The molecule has 0 aliphatic carbocycles. The van der Waals surface area contributed by atoms with Crippen molar-refractivity contribution in [2.45, 2.75) is 40.0 Å². The largest absolute Gasteiger partial charge is 0.493 e. The molecule has 170 valence electrons. The molecule has 1 N–H and O–H groups in total. The Kier molecular flexibility index (Phi) is 5.75. The molecular formula is C28H28FNO3. The molecule has 5 heteroatoms. The summed E-state index contributed by atoms with van der Waals surface area (Å²) in [7, 11) is 1.48. The van der Waals surface area contributed by atoms with E-state index in [1.54, 1.807) is 6.07 Å². The Morgan fingerprint density at radius 2 is 1.64 bits per heavy atom. The van der Waals surface area contributed by atoms with Gasteiger partial charge in [-0.15, -0.1) is 0 Å². The highest BCUT2D eigenvalue weighted by molar-refractivity contribution is 5.85. The van der Waals surface area contributed by atoms with E-state index in [0.29, 0.717) is 33.9 Å². The second-order valence-corrected chi connectivity index (χ2v) is 9.31. The second kappa shape index (κ2) is 8.39.